The minimum absolute atomic E-state index is 0.0396. The van der Waals surface area contributed by atoms with Crippen LogP contribution in [0.3, 0.4) is 0 Å². The molecule has 10 rings (SSSR count). The Bertz CT molecular complexity index is 3540. The second kappa shape index (κ2) is 15.6. The number of para-hydroxylation sites is 3. The first kappa shape index (κ1) is 34.9. The molecule has 0 amide bonds. The monoisotopic (exact) mass is 838 g/mol. The van der Waals surface area contributed by atoms with Crippen molar-refractivity contribution in [3.63, 3.8) is 0 Å². The number of nitrogens with zero attached hydrogens (tertiary/aromatic N) is 5. The Hall–Kier alpha value is -7.62. The second-order valence-electron chi connectivity index (χ2n) is 18.6. The molecule has 0 fully saturated rings. The van der Waals surface area contributed by atoms with Crippen LogP contribution in [0.25, 0.3) is 49.9 Å². The Balaban J connectivity index is 1.10. The molecule has 0 atom stereocenters. The lowest BCUT2D eigenvalue weighted by atomic mass is 9.80. The molecule has 1 aliphatic rings. The molecule has 2 aromatic heterocycles. The molecule has 0 bridgehead atoms. The average Bonchev–Trinajstić information content (AvgIpc) is 3.88. The highest BCUT2D eigenvalue weighted by Crippen LogP contribution is 2.48. The summed E-state index contributed by atoms with van der Waals surface area (Å²) >= 11 is 0. The molecule has 1 aliphatic heterocycles. The van der Waals surface area contributed by atoms with Gasteiger partial charge in [0.2, 0.25) is 0 Å². The molecule has 64 heavy (non-hydrogen) atoms. The van der Waals surface area contributed by atoms with E-state index in [2.05, 4.69) is 129 Å². The normalized spacial score (nSPS) is 13.9. The van der Waals surface area contributed by atoms with Gasteiger partial charge in [0, 0.05) is 57.2 Å². The Morgan fingerprint density at radius 2 is 1.30 bits per heavy atom. The molecule has 0 unspecified atom stereocenters. The molecule has 0 aliphatic carbocycles. The van der Waals surface area contributed by atoms with E-state index in [0.29, 0.717) is 40.7 Å². The number of pyridine rings is 1. The molecule has 0 saturated heterocycles. The highest BCUT2D eigenvalue weighted by molar-refractivity contribution is 6.11. The molecule has 0 N–H and O–H groups in total. The number of hydrogen-bond acceptors (Lipinski definition) is 5. The molecule has 6 nitrogen and oxygen atoms in total. The van der Waals surface area contributed by atoms with Gasteiger partial charge in [-0.1, -0.05) is 132 Å². The van der Waals surface area contributed by atoms with Crippen molar-refractivity contribution in [2.75, 3.05) is 16.5 Å². The quantitative estimate of drug-likeness (QED) is 0.160. The summed E-state index contributed by atoms with van der Waals surface area (Å²) in [5.41, 5.74) is 11.7. The lowest BCUT2D eigenvalue weighted by molar-refractivity contribution is 0.485. The summed E-state index contributed by atoms with van der Waals surface area (Å²) in [6.07, 6.45) is 1.59. The number of hydrogen-bond donors (Lipinski definition) is 0. The van der Waals surface area contributed by atoms with Gasteiger partial charge in [-0.2, -0.15) is 5.26 Å². The van der Waals surface area contributed by atoms with Crippen LogP contribution in [0.5, 0.6) is 11.5 Å². The van der Waals surface area contributed by atoms with E-state index in [9.17, 15) is 5.26 Å². The summed E-state index contributed by atoms with van der Waals surface area (Å²) < 4.78 is 51.2. The van der Waals surface area contributed by atoms with Crippen LogP contribution in [-0.2, 0) is 10.8 Å². The van der Waals surface area contributed by atoms with Gasteiger partial charge in [0.25, 0.3) is 0 Å². The predicted molar refractivity (Wildman–Crippen MR) is 265 cm³/mol. The zero-order valence-electron chi connectivity index (χ0n) is 42.1. The van der Waals surface area contributed by atoms with Crippen LogP contribution < -0.4 is 14.5 Å². The first-order valence-corrected chi connectivity index (χ1v) is 21.6. The van der Waals surface area contributed by atoms with Crippen molar-refractivity contribution in [1.29, 1.82) is 5.26 Å². The van der Waals surface area contributed by atoms with Crippen molar-refractivity contribution in [2.24, 2.45) is 0 Å². The number of rotatable bonds is 7. The third kappa shape index (κ3) is 7.23. The molecule has 7 aromatic carbocycles. The van der Waals surface area contributed by atoms with E-state index < -0.39 is 18.1 Å². The lowest BCUT2D eigenvalue weighted by Crippen LogP contribution is -2.25. The summed E-state index contributed by atoms with van der Waals surface area (Å²) in [4.78, 5) is 9.62. The van der Waals surface area contributed by atoms with Gasteiger partial charge in [0.15, 0.2) is 0 Å². The Morgan fingerprint density at radius 3 is 2.00 bits per heavy atom. The number of fused-ring (bicyclic) bond motifs is 4. The Labute approximate surface area is 383 Å². The van der Waals surface area contributed by atoms with E-state index in [4.69, 9.17) is 16.6 Å². The van der Waals surface area contributed by atoms with Gasteiger partial charge in [0.05, 0.1) is 40.9 Å². The number of anilines is 4. The minimum atomic E-state index is -0.441. The van der Waals surface area contributed by atoms with Crippen molar-refractivity contribution in [1.82, 2.24) is 9.55 Å². The number of aromatic nitrogens is 2. The van der Waals surface area contributed by atoms with E-state index in [1.807, 2.05) is 73.7 Å². The van der Waals surface area contributed by atoms with Gasteiger partial charge in [-0.25, -0.2) is 4.98 Å². The number of benzene rings is 7. The molecular weight excluding hydrogens is 783 g/mol. The minimum Gasteiger partial charge on any atom is -0.457 e. The van der Waals surface area contributed by atoms with Gasteiger partial charge in [-0.15, -0.1) is 0 Å². The first-order valence-electron chi connectivity index (χ1n) is 24.1. The van der Waals surface area contributed by atoms with Crippen LogP contribution in [-0.4, -0.2) is 16.2 Å². The van der Waals surface area contributed by atoms with Crippen LogP contribution >= 0.6 is 0 Å². The van der Waals surface area contributed by atoms with Crippen LogP contribution in [0.2, 0.25) is 0 Å². The summed E-state index contributed by atoms with van der Waals surface area (Å²) in [6, 6.07) is 45.9. The average molecular weight is 839 g/mol. The standard InChI is InChI=1S/C58H51N5O/c1-38-28-56(60-36-50(38)39-18-9-8-10-19-39)63-51-25-14-13-24-47(51)48-33-49(46-23-12-11-20-40(46)35-59)55(34-54(48)63)64-45-22-17-21-43(32-45)61-37-62(53-27-16-15-26-52(53)61)44-30-41(57(2,3)4)29-42(31-44)58(5,6)7/h8-34,36H,37H2,1-7H3/i8D,9D,10D,18D,19D. The molecule has 3 heterocycles. The van der Waals surface area contributed by atoms with Gasteiger partial charge in [0.1, 0.15) is 24.0 Å². The maximum Gasteiger partial charge on any atom is 0.137 e. The number of nitriles is 1. The summed E-state index contributed by atoms with van der Waals surface area (Å²) in [7, 11) is 0. The topological polar surface area (TPSA) is 57.3 Å². The maximum absolute atomic E-state index is 10.4. The lowest BCUT2D eigenvalue weighted by Gasteiger charge is -2.29. The molecule has 0 saturated carbocycles. The molecular formula is C58H51N5O. The molecule has 6 heteroatoms. The van der Waals surface area contributed by atoms with Crippen molar-refractivity contribution < 1.29 is 11.6 Å². The first-order chi connectivity index (χ1) is 32.9. The van der Waals surface area contributed by atoms with Crippen LogP contribution in [0.15, 0.2) is 170 Å². The van der Waals surface area contributed by atoms with Crippen LogP contribution in [0, 0.1) is 18.3 Å². The highest BCUT2D eigenvalue weighted by atomic mass is 16.5. The van der Waals surface area contributed by atoms with Crippen LogP contribution in [0.4, 0.5) is 22.7 Å². The third-order valence-electron chi connectivity index (χ3n) is 12.3. The fraction of sp³-hybridized carbons (Fsp3) is 0.172. The fourth-order valence-electron chi connectivity index (χ4n) is 8.79. The summed E-state index contributed by atoms with van der Waals surface area (Å²) in [5.74, 6) is 1.73. The van der Waals surface area contributed by atoms with E-state index in [1.54, 1.807) is 6.20 Å². The Morgan fingerprint density at radius 1 is 0.625 bits per heavy atom. The van der Waals surface area contributed by atoms with Gasteiger partial charge in [-0.05, 0) is 101 Å². The van der Waals surface area contributed by atoms with Crippen LogP contribution in [0.1, 0.15) is 70.7 Å². The van der Waals surface area contributed by atoms with Gasteiger partial charge < -0.3 is 14.5 Å². The largest absolute Gasteiger partial charge is 0.457 e. The SMILES string of the molecule is [2H]c1c([2H])c([2H])c(-c2cnc(-n3c4ccccc4c4cc(-c5ccccc5C#N)c(Oc5cccc(N6CN(c7cc(C(C)(C)C)cc(C(C)(C)C)c7)c7ccccc76)c5)cc43)cc2C)c([2H])c1[2H]. The van der Waals surface area contributed by atoms with E-state index >= 15 is 0 Å². The molecule has 314 valence electrons. The zero-order chi connectivity index (χ0) is 48.7. The zero-order valence-corrected chi connectivity index (χ0v) is 37.1. The third-order valence-corrected chi connectivity index (χ3v) is 12.3. The molecule has 0 spiro atoms. The maximum atomic E-state index is 10.4. The van der Waals surface area contributed by atoms with Crippen molar-refractivity contribution in [2.45, 2.75) is 59.3 Å². The van der Waals surface area contributed by atoms with E-state index in [0.717, 1.165) is 55.7 Å². The van der Waals surface area contributed by atoms with Crippen molar-refractivity contribution >= 4 is 44.6 Å². The Kier molecular flexibility index (Phi) is 8.52. The fourth-order valence-corrected chi connectivity index (χ4v) is 8.79. The molecule has 0 radical (unpaired) electrons. The second-order valence-corrected chi connectivity index (χ2v) is 18.6. The predicted octanol–water partition coefficient (Wildman–Crippen LogP) is 15.3. The van der Waals surface area contributed by atoms with E-state index in [1.165, 1.54) is 11.1 Å². The highest BCUT2D eigenvalue weighted by Gasteiger charge is 2.31. The summed E-state index contributed by atoms with van der Waals surface area (Å²) in [6.45, 7) is 16.0. The summed E-state index contributed by atoms with van der Waals surface area (Å²) in [5, 5.41) is 12.3. The van der Waals surface area contributed by atoms with Crippen molar-refractivity contribution in [3.05, 3.63) is 192 Å². The van der Waals surface area contributed by atoms with E-state index in [-0.39, 0.29) is 28.5 Å². The van der Waals surface area contributed by atoms with Gasteiger partial charge >= 0.3 is 0 Å². The van der Waals surface area contributed by atoms with Crippen molar-refractivity contribution in [3.8, 4) is 45.6 Å². The smallest absolute Gasteiger partial charge is 0.137 e. The van der Waals surface area contributed by atoms with Gasteiger partial charge in [-0.3, -0.25) is 4.57 Å². The number of ether oxygens (including phenoxy) is 1. The molecule has 9 aromatic rings. The number of aryl methyl sites for hydroxylation is 1.